The predicted octanol–water partition coefficient (Wildman–Crippen LogP) is 0.959. The summed E-state index contributed by atoms with van der Waals surface area (Å²) in [4.78, 5) is 10.9. The van der Waals surface area contributed by atoms with E-state index in [0.717, 1.165) is 0 Å². The molecule has 0 bridgehead atoms. The van der Waals surface area contributed by atoms with Gasteiger partial charge in [-0.3, -0.25) is 9.48 Å². The second-order valence-electron chi connectivity index (χ2n) is 4.83. The zero-order valence-electron chi connectivity index (χ0n) is 12.2. The Kier molecular flexibility index (Phi) is 5.29. The zero-order chi connectivity index (χ0) is 15.5. The van der Waals surface area contributed by atoms with Crippen LogP contribution in [0.25, 0.3) is 0 Å². The number of rotatable bonds is 7. The molecule has 0 aliphatic carbocycles. The minimum atomic E-state index is -3.76. The zero-order valence-corrected chi connectivity index (χ0v) is 13.0. The summed E-state index contributed by atoms with van der Waals surface area (Å²) < 4.78 is 28.8. The van der Waals surface area contributed by atoms with Gasteiger partial charge in [0.2, 0.25) is 10.0 Å². The van der Waals surface area contributed by atoms with Gasteiger partial charge in [0.15, 0.2) is 0 Å². The monoisotopic (exact) mass is 303 g/mol. The topological polar surface area (TPSA) is 101 Å². The van der Waals surface area contributed by atoms with Gasteiger partial charge in [-0.1, -0.05) is 13.3 Å². The van der Waals surface area contributed by atoms with E-state index >= 15 is 0 Å². The van der Waals surface area contributed by atoms with Crippen molar-refractivity contribution in [2.75, 3.05) is 0 Å². The predicted molar refractivity (Wildman–Crippen MR) is 74.0 cm³/mol. The normalized spacial score (nSPS) is 13.4. The maximum absolute atomic E-state index is 12.4. The number of carboxylic acid groups (broad SMARTS) is 1. The molecule has 0 aliphatic heterocycles. The van der Waals surface area contributed by atoms with Gasteiger partial charge in [-0.05, 0) is 20.3 Å². The van der Waals surface area contributed by atoms with E-state index in [1.165, 1.54) is 4.68 Å². The molecule has 1 aromatic rings. The summed E-state index contributed by atoms with van der Waals surface area (Å²) in [5.74, 6) is -1.02. The van der Waals surface area contributed by atoms with E-state index in [2.05, 4.69) is 9.82 Å². The number of aryl methyl sites for hydroxylation is 2. The fourth-order valence-corrected chi connectivity index (χ4v) is 3.89. The molecule has 0 radical (unpaired) electrons. The SMILES string of the molecule is CCCC(CC(=O)O)NS(=O)(=O)c1c(C)nn(C)c1C. The smallest absolute Gasteiger partial charge is 0.304 e. The number of hydrogen-bond acceptors (Lipinski definition) is 4. The lowest BCUT2D eigenvalue weighted by molar-refractivity contribution is -0.137. The molecule has 0 fully saturated rings. The third kappa shape index (κ3) is 3.80. The van der Waals surface area contributed by atoms with Crippen LogP contribution in [0, 0.1) is 13.8 Å². The Labute approximate surface area is 119 Å². The molecule has 20 heavy (non-hydrogen) atoms. The van der Waals surface area contributed by atoms with Crippen LogP contribution in [0.15, 0.2) is 4.90 Å². The average Bonchev–Trinajstić information content (AvgIpc) is 2.51. The summed E-state index contributed by atoms with van der Waals surface area (Å²) in [7, 11) is -2.10. The largest absolute Gasteiger partial charge is 0.481 e. The molecular weight excluding hydrogens is 282 g/mol. The Morgan fingerprint density at radius 1 is 1.45 bits per heavy atom. The molecule has 7 nitrogen and oxygen atoms in total. The van der Waals surface area contributed by atoms with Gasteiger partial charge in [-0.2, -0.15) is 5.10 Å². The van der Waals surface area contributed by atoms with Crippen molar-refractivity contribution in [3.63, 3.8) is 0 Å². The van der Waals surface area contributed by atoms with Crippen LogP contribution in [0.4, 0.5) is 0 Å². The highest BCUT2D eigenvalue weighted by Crippen LogP contribution is 2.19. The highest BCUT2D eigenvalue weighted by Gasteiger charge is 2.27. The van der Waals surface area contributed by atoms with Crippen molar-refractivity contribution in [2.45, 2.75) is 51.0 Å². The highest BCUT2D eigenvalue weighted by molar-refractivity contribution is 7.89. The molecule has 0 saturated carbocycles. The number of carbonyl (C=O) groups is 1. The van der Waals surface area contributed by atoms with Crippen molar-refractivity contribution >= 4 is 16.0 Å². The number of nitrogens with zero attached hydrogens (tertiary/aromatic N) is 2. The lowest BCUT2D eigenvalue weighted by Crippen LogP contribution is -2.36. The van der Waals surface area contributed by atoms with Crippen LogP contribution in [0.5, 0.6) is 0 Å². The molecule has 0 aliphatic rings. The quantitative estimate of drug-likeness (QED) is 0.781. The van der Waals surface area contributed by atoms with E-state index in [-0.39, 0.29) is 11.3 Å². The lowest BCUT2D eigenvalue weighted by Gasteiger charge is -2.16. The Bertz CT molecular complexity index is 592. The third-order valence-electron chi connectivity index (χ3n) is 3.09. The fourth-order valence-electron chi connectivity index (χ4n) is 2.18. The number of sulfonamides is 1. The van der Waals surface area contributed by atoms with E-state index in [1.807, 2.05) is 6.92 Å². The van der Waals surface area contributed by atoms with Crippen LogP contribution in [-0.4, -0.2) is 35.3 Å². The Balaban J connectivity index is 3.06. The van der Waals surface area contributed by atoms with Crippen LogP contribution >= 0.6 is 0 Å². The average molecular weight is 303 g/mol. The molecule has 0 aromatic carbocycles. The van der Waals surface area contributed by atoms with Gasteiger partial charge in [0.05, 0.1) is 17.8 Å². The van der Waals surface area contributed by atoms with Crippen molar-refractivity contribution in [2.24, 2.45) is 7.05 Å². The second kappa shape index (κ2) is 6.36. The Hall–Kier alpha value is -1.41. The second-order valence-corrected chi connectivity index (χ2v) is 6.48. The van der Waals surface area contributed by atoms with Crippen molar-refractivity contribution in [1.82, 2.24) is 14.5 Å². The number of hydrogen-bond donors (Lipinski definition) is 2. The molecule has 0 spiro atoms. The summed E-state index contributed by atoms with van der Waals surface area (Å²) in [6.45, 7) is 5.16. The number of aliphatic carboxylic acids is 1. The number of carboxylic acids is 1. The molecule has 0 saturated heterocycles. The van der Waals surface area contributed by atoms with E-state index in [4.69, 9.17) is 5.11 Å². The standard InChI is InChI=1S/C12H21N3O4S/c1-5-6-10(7-11(16)17)14-20(18,19)12-8(2)13-15(4)9(12)3/h10,14H,5-7H2,1-4H3,(H,16,17). The van der Waals surface area contributed by atoms with Gasteiger partial charge in [-0.25, -0.2) is 13.1 Å². The summed E-state index contributed by atoms with van der Waals surface area (Å²) in [6.07, 6.45) is 0.945. The first-order chi connectivity index (χ1) is 9.19. The molecule has 0 amide bonds. The molecule has 8 heteroatoms. The molecule has 1 aromatic heterocycles. The fraction of sp³-hybridized carbons (Fsp3) is 0.667. The highest BCUT2D eigenvalue weighted by atomic mass is 32.2. The van der Waals surface area contributed by atoms with Crippen LogP contribution < -0.4 is 4.72 Å². The lowest BCUT2D eigenvalue weighted by atomic mass is 10.1. The first-order valence-electron chi connectivity index (χ1n) is 6.43. The van der Waals surface area contributed by atoms with Crippen molar-refractivity contribution < 1.29 is 18.3 Å². The van der Waals surface area contributed by atoms with E-state index < -0.39 is 22.0 Å². The molecule has 114 valence electrons. The van der Waals surface area contributed by atoms with Gasteiger partial charge >= 0.3 is 5.97 Å². The summed E-state index contributed by atoms with van der Waals surface area (Å²) in [5.41, 5.74) is 0.934. The van der Waals surface area contributed by atoms with Crippen LogP contribution in [-0.2, 0) is 21.9 Å². The third-order valence-corrected chi connectivity index (χ3v) is 4.86. The van der Waals surface area contributed by atoms with Gasteiger partial charge in [-0.15, -0.1) is 0 Å². The molecule has 1 heterocycles. The van der Waals surface area contributed by atoms with Crippen molar-refractivity contribution in [3.05, 3.63) is 11.4 Å². The summed E-state index contributed by atoms with van der Waals surface area (Å²) in [5, 5.41) is 12.9. The first kappa shape index (κ1) is 16.6. The summed E-state index contributed by atoms with van der Waals surface area (Å²) in [6, 6.07) is -0.610. The molecule has 1 atom stereocenters. The van der Waals surface area contributed by atoms with Crippen molar-refractivity contribution in [1.29, 1.82) is 0 Å². The maximum atomic E-state index is 12.4. The summed E-state index contributed by atoms with van der Waals surface area (Å²) >= 11 is 0. The molecule has 1 rings (SSSR count). The van der Waals surface area contributed by atoms with Crippen molar-refractivity contribution in [3.8, 4) is 0 Å². The maximum Gasteiger partial charge on any atom is 0.304 e. The van der Waals surface area contributed by atoms with E-state index in [9.17, 15) is 13.2 Å². The van der Waals surface area contributed by atoms with Crippen LogP contribution in [0.1, 0.15) is 37.6 Å². The molecular formula is C12H21N3O4S. The van der Waals surface area contributed by atoms with Gasteiger partial charge in [0.25, 0.3) is 0 Å². The molecule has 1 unspecified atom stereocenters. The van der Waals surface area contributed by atoms with Crippen LogP contribution in [0.3, 0.4) is 0 Å². The Morgan fingerprint density at radius 2 is 2.05 bits per heavy atom. The molecule has 2 N–H and O–H groups in total. The van der Waals surface area contributed by atoms with Gasteiger partial charge in [0.1, 0.15) is 4.90 Å². The van der Waals surface area contributed by atoms with Crippen LogP contribution in [0.2, 0.25) is 0 Å². The van der Waals surface area contributed by atoms with Gasteiger partial charge < -0.3 is 5.11 Å². The van der Waals surface area contributed by atoms with Gasteiger partial charge in [0, 0.05) is 13.1 Å². The number of aromatic nitrogens is 2. The minimum absolute atomic E-state index is 0.131. The Morgan fingerprint density at radius 3 is 2.45 bits per heavy atom. The van der Waals surface area contributed by atoms with E-state index in [0.29, 0.717) is 24.2 Å². The first-order valence-corrected chi connectivity index (χ1v) is 7.91. The minimum Gasteiger partial charge on any atom is -0.481 e. The van der Waals surface area contributed by atoms with E-state index in [1.54, 1.807) is 20.9 Å². The number of nitrogens with one attached hydrogen (secondary N) is 1.